The molecule has 0 spiro atoms. The lowest BCUT2D eigenvalue weighted by molar-refractivity contribution is 0.0721. The summed E-state index contributed by atoms with van der Waals surface area (Å²) >= 11 is 1.78. The Hall–Kier alpha value is -0.510. The third-order valence-corrected chi connectivity index (χ3v) is 4.58. The fraction of sp³-hybridized carbons (Fsp3) is 0.571. The Balaban J connectivity index is 2.57. The fourth-order valence-electron chi connectivity index (χ4n) is 1.56. The van der Waals surface area contributed by atoms with Crippen LogP contribution in [-0.2, 0) is 5.60 Å². The third kappa shape index (κ3) is 4.34. The molecule has 17 heavy (non-hydrogen) atoms. The summed E-state index contributed by atoms with van der Waals surface area (Å²) in [6.45, 7) is 4.69. The first kappa shape index (κ1) is 14.6. The van der Waals surface area contributed by atoms with Gasteiger partial charge in [-0.15, -0.1) is 0 Å². The highest BCUT2D eigenvalue weighted by Gasteiger charge is 2.27. The van der Waals surface area contributed by atoms with E-state index in [-0.39, 0.29) is 6.54 Å². The van der Waals surface area contributed by atoms with Gasteiger partial charge in [0.1, 0.15) is 5.60 Å². The maximum absolute atomic E-state index is 10.5. The Bertz CT molecular complexity index is 317. The van der Waals surface area contributed by atoms with Crippen LogP contribution in [0.15, 0.2) is 30.3 Å². The number of nitrogens with two attached hydrogens (primary N) is 1. The first-order valence-corrected chi connectivity index (χ1v) is 7.33. The van der Waals surface area contributed by atoms with Crippen LogP contribution >= 0.6 is 11.8 Å². The molecule has 0 aromatic heterocycles. The molecular weight excluding hydrogens is 230 g/mol. The lowest BCUT2D eigenvalue weighted by Crippen LogP contribution is -2.37. The second-order valence-electron chi connectivity index (χ2n) is 4.63. The Morgan fingerprint density at radius 3 is 2.53 bits per heavy atom. The lowest BCUT2D eigenvalue weighted by atomic mass is 9.96. The number of thioether (sulfide) groups is 1. The zero-order valence-corrected chi connectivity index (χ0v) is 11.5. The van der Waals surface area contributed by atoms with Gasteiger partial charge in [-0.05, 0) is 17.2 Å². The Kier molecular flexibility index (Phi) is 6.03. The molecule has 1 rings (SSSR count). The van der Waals surface area contributed by atoms with Crippen molar-refractivity contribution in [3.05, 3.63) is 35.9 Å². The molecule has 0 aliphatic heterocycles. The van der Waals surface area contributed by atoms with Crippen LogP contribution in [0.1, 0.15) is 25.8 Å². The van der Waals surface area contributed by atoms with E-state index in [9.17, 15) is 5.11 Å². The van der Waals surface area contributed by atoms with E-state index in [1.807, 2.05) is 30.3 Å². The molecule has 2 unspecified atom stereocenters. The fourth-order valence-corrected chi connectivity index (χ4v) is 2.93. The topological polar surface area (TPSA) is 46.2 Å². The van der Waals surface area contributed by atoms with Crippen LogP contribution < -0.4 is 5.73 Å². The predicted octanol–water partition coefficient (Wildman–Crippen LogP) is 2.61. The quantitative estimate of drug-likeness (QED) is 0.785. The molecule has 0 radical (unpaired) electrons. The molecule has 3 N–H and O–H groups in total. The molecule has 0 saturated heterocycles. The predicted molar refractivity (Wildman–Crippen MR) is 76.2 cm³/mol. The van der Waals surface area contributed by atoms with Gasteiger partial charge in [0.05, 0.1) is 0 Å². The van der Waals surface area contributed by atoms with Crippen LogP contribution in [0.3, 0.4) is 0 Å². The van der Waals surface area contributed by atoms with Gasteiger partial charge in [0.2, 0.25) is 0 Å². The average molecular weight is 253 g/mol. The zero-order chi connectivity index (χ0) is 12.7. The summed E-state index contributed by atoms with van der Waals surface area (Å²) in [5.74, 6) is 2.43. The van der Waals surface area contributed by atoms with E-state index in [0.717, 1.165) is 11.3 Å². The van der Waals surface area contributed by atoms with Gasteiger partial charge >= 0.3 is 0 Å². The maximum atomic E-state index is 10.5. The molecule has 0 fully saturated rings. The third-order valence-electron chi connectivity index (χ3n) is 3.09. The zero-order valence-electron chi connectivity index (χ0n) is 10.7. The van der Waals surface area contributed by atoms with Crippen molar-refractivity contribution < 1.29 is 5.11 Å². The summed E-state index contributed by atoms with van der Waals surface area (Å²) < 4.78 is 0. The Labute approximate surface area is 109 Å². The highest BCUT2D eigenvalue weighted by atomic mass is 32.2. The average Bonchev–Trinajstić information content (AvgIpc) is 2.39. The minimum absolute atomic E-state index is 0.268. The molecule has 0 aliphatic carbocycles. The summed E-state index contributed by atoms with van der Waals surface area (Å²) in [4.78, 5) is 0. The lowest BCUT2D eigenvalue weighted by Gasteiger charge is -2.27. The van der Waals surface area contributed by atoms with E-state index in [1.54, 1.807) is 11.8 Å². The molecule has 0 amide bonds. The summed E-state index contributed by atoms with van der Waals surface area (Å²) in [6, 6.07) is 9.71. The minimum Gasteiger partial charge on any atom is -0.383 e. The number of hydrogen-bond acceptors (Lipinski definition) is 3. The molecule has 96 valence electrons. The van der Waals surface area contributed by atoms with Crippen molar-refractivity contribution in [1.29, 1.82) is 0 Å². The van der Waals surface area contributed by atoms with Crippen molar-refractivity contribution in [3.8, 4) is 0 Å². The molecule has 2 atom stereocenters. The van der Waals surface area contributed by atoms with Crippen LogP contribution in [0.5, 0.6) is 0 Å². The molecule has 0 heterocycles. The largest absolute Gasteiger partial charge is 0.383 e. The maximum Gasteiger partial charge on any atom is 0.111 e. The number of benzene rings is 1. The van der Waals surface area contributed by atoms with Gasteiger partial charge in [0.15, 0.2) is 0 Å². The van der Waals surface area contributed by atoms with Gasteiger partial charge in [0.25, 0.3) is 0 Å². The van der Waals surface area contributed by atoms with E-state index in [2.05, 4.69) is 13.8 Å². The van der Waals surface area contributed by atoms with Crippen LogP contribution in [0.25, 0.3) is 0 Å². The second-order valence-corrected chi connectivity index (χ2v) is 5.66. The molecule has 0 saturated carbocycles. The normalized spacial score (nSPS) is 16.5. The van der Waals surface area contributed by atoms with Crippen LogP contribution in [-0.4, -0.2) is 23.2 Å². The van der Waals surface area contributed by atoms with Crippen molar-refractivity contribution in [2.24, 2.45) is 11.7 Å². The first-order valence-electron chi connectivity index (χ1n) is 6.18. The molecule has 0 bridgehead atoms. The second kappa shape index (κ2) is 7.04. The van der Waals surface area contributed by atoms with E-state index < -0.39 is 5.60 Å². The van der Waals surface area contributed by atoms with Gasteiger partial charge in [0, 0.05) is 12.3 Å². The summed E-state index contributed by atoms with van der Waals surface area (Å²) in [5, 5.41) is 10.5. The molecular formula is C14H23NOS. The van der Waals surface area contributed by atoms with E-state index in [4.69, 9.17) is 5.73 Å². The van der Waals surface area contributed by atoms with Gasteiger partial charge in [-0.2, -0.15) is 11.8 Å². The number of rotatable bonds is 7. The van der Waals surface area contributed by atoms with Crippen molar-refractivity contribution >= 4 is 11.8 Å². The molecule has 0 aliphatic rings. The van der Waals surface area contributed by atoms with E-state index in [0.29, 0.717) is 11.7 Å². The summed E-state index contributed by atoms with van der Waals surface area (Å²) in [5.41, 5.74) is 5.75. The monoisotopic (exact) mass is 253 g/mol. The van der Waals surface area contributed by atoms with Gasteiger partial charge in [-0.1, -0.05) is 50.6 Å². The van der Waals surface area contributed by atoms with Crippen molar-refractivity contribution in [3.63, 3.8) is 0 Å². The first-order chi connectivity index (χ1) is 8.12. The highest BCUT2D eigenvalue weighted by Crippen LogP contribution is 2.26. The van der Waals surface area contributed by atoms with Gasteiger partial charge in [-0.3, -0.25) is 0 Å². The summed E-state index contributed by atoms with van der Waals surface area (Å²) in [7, 11) is 0. The molecule has 3 heteroatoms. The van der Waals surface area contributed by atoms with E-state index >= 15 is 0 Å². The highest BCUT2D eigenvalue weighted by molar-refractivity contribution is 7.99. The van der Waals surface area contributed by atoms with Crippen LogP contribution in [0.4, 0.5) is 0 Å². The smallest absolute Gasteiger partial charge is 0.111 e. The van der Waals surface area contributed by atoms with Gasteiger partial charge in [-0.25, -0.2) is 0 Å². The minimum atomic E-state index is -0.889. The number of aliphatic hydroxyl groups is 1. The van der Waals surface area contributed by atoms with Crippen molar-refractivity contribution in [1.82, 2.24) is 0 Å². The Morgan fingerprint density at radius 2 is 2.00 bits per heavy atom. The standard InChI is InChI=1S/C14H23NOS/c1-3-12(2)9-17-11-14(16,10-15)13-7-5-4-6-8-13/h4-8,12,16H,3,9-11,15H2,1-2H3. The van der Waals surface area contributed by atoms with Crippen LogP contribution in [0.2, 0.25) is 0 Å². The summed E-state index contributed by atoms with van der Waals surface area (Å²) in [6.07, 6.45) is 1.18. The molecule has 2 nitrogen and oxygen atoms in total. The van der Waals surface area contributed by atoms with Crippen LogP contribution in [0, 0.1) is 5.92 Å². The SMILES string of the molecule is CCC(C)CSCC(O)(CN)c1ccccc1. The number of hydrogen-bond donors (Lipinski definition) is 2. The van der Waals surface area contributed by atoms with E-state index in [1.165, 1.54) is 6.42 Å². The Morgan fingerprint density at radius 1 is 1.35 bits per heavy atom. The van der Waals surface area contributed by atoms with Crippen molar-refractivity contribution in [2.45, 2.75) is 25.9 Å². The molecule has 1 aromatic carbocycles. The molecule has 1 aromatic rings. The van der Waals surface area contributed by atoms with Gasteiger partial charge < -0.3 is 10.8 Å². The van der Waals surface area contributed by atoms with Crippen molar-refractivity contribution in [2.75, 3.05) is 18.1 Å².